The van der Waals surface area contributed by atoms with Crippen molar-refractivity contribution in [1.82, 2.24) is 0 Å². The Labute approximate surface area is 149 Å². The van der Waals surface area contributed by atoms with Gasteiger partial charge in [-0.2, -0.15) is 0 Å². The third-order valence-corrected chi connectivity index (χ3v) is 3.50. The average Bonchev–Trinajstić information content (AvgIpc) is 2.56. The predicted octanol–water partition coefficient (Wildman–Crippen LogP) is 4.19. The first-order chi connectivity index (χ1) is 11.5. The van der Waals surface area contributed by atoms with Crippen molar-refractivity contribution in [2.75, 3.05) is 18.5 Å². The molecule has 0 aliphatic heterocycles. The molecule has 0 aliphatic carbocycles. The van der Waals surface area contributed by atoms with E-state index in [0.717, 1.165) is 0 Å². The number of nitrogens with one attached hydrogen (secondary N) is 1. The maximum Gasteiger partial charge on any atom is 0.340 e. The summed E-state index contributed by atoms with van der Waals surface area (Å²) in [5, 5.41) is 3.41. The summed E-state index contributed by atoms with van der Waals surface area (Å²) in [7, 11) is 0. The van der Waals surface area contributed by atoms with Crippen LogP contribution >= 0.6 is 23.2 Å². The quantitative estimate of drug-likeness (QED) is 0.777. The number of esters is 1. The molecule has 0 bridgehead atoms. The van der Waals surface area contributed by atoms with Gasteiger partial charge in [0.25, 0.3) is 5.91 Å². The molecule has 0 aliphatic rings. The van der Waals surface area contributed by atoms with Crippen LogP contribution in [0.2, 0.25) is 10.0 Å². The highest BCUT2D eigenvalue weighted by molar-refractivity contribution is 6.34. The van der Waals surface area contributed by atoms with E-state index in [9.17, 15) is 9.59 Å². The van der Waals surface area contributed by atoms with Crippen LogP contribution in [0.5, 0.6) is 5.75 Å². The second kappa shape index (κ2) is 8.57. The van der Waals surface area contributed by atoms with Gasteiger partial charge in [-0.15, -0.1) is 0 Å². The van der Waals surface area contributed by atoms with Crippen LogP contribution in [0.1, 0.15) is 17.3 Å². The van der Waals surface area contributed by atoms with E-state index in [1.54, 1.807) is 43.3 Å². The van der Waals surface area contributed by atoms with Gasteiger partial charge in [-0.3, -0.25) is 4.79 Å². The van der Waals surface area contributed by atoms with Crippen molar-refractivity contribution in [3.8, 4) is 5.75 Å². The third-order valence-electron chi connectivity index (χ3n) is 2.95. The molecule has 126 valence electrons. The first kappa shape index (κ1) is 18.1. The minimum absolute atomic E-state index is 0.248. The number of benzene rings is 2. The number of ether oxygens (including phenoxy) is 2. The second-order valence-corrected chi connectivity index (χ2v) is 5.52. The SMILES string of the molecule is CCOC(=O)c1ccccc1NC(=O)COc1cc(Cl)ccc1Cl. The molecule has 0 aromatic heterocycles. The molecule has 0 heterocycles. The minimum Gasteiger partial charge on any atom is -0.482 e. The fourth-order valence-corrected chi connectivity index (χ4v) is 2.23. The summed E-state index contributed by atoms with van der Waals surface area (Å²) in [4.78, 5) is 23.9. The normalized spacial score (nSPS) is 10.1. The molecule has 0 fully saturated rings. The van der Waals surface area contributed by atoms with Crippen LogP contribution in [0.3, 0.4) is 0 Å². The number of rotatable bonds is 6. The second-order valence-electron chi connectivity index (χ2n) is 4.68. The summed E-state index contributed by atoms with van der Waals surface area (Å²) >= 11 is 11.8. The Bertz CT molecular complexity index is 749. The molecular formula is C17H15Cl2NO4. The standard InChI is InChI=1S/C17H15Cl2NO4/c1-2-23-17(22)12-5-3-4-6-14(12)20-16(21)10-24-15-9-11(18)7-8-13(15)19/h3-9H,2,10H2,1H3,(H,20,21). The van der Waals surface area contributed by atoms with Crippen LogP contribution < -0.4 is 10.1 Å². The van der Waals surface area contributed by atoms with Crippen molar-refractivity contribution >= 4 is 40.8 Å². The summed E-state index contributed by atoms with van der Waals surface area (Å²) in [6, 6.07) is 11.3. The number of hydrogen-bond donors (Lipinski definition) is 1. The van der Waals surface area contributed by atoms with E-state index in [0.29, 0.717) is 21.5 Å². The summed E-state index contributed by atoms with van der Waals surface area (Å²) in [5.41, 5.74) is 0.621. The van der Waals surface area contributed by atoms with Gasteiger partial charge >= 0.3 is 5.97 Å². The van der Waals surface area contributed by atoms with Crippen LogP contribution in [0, 0.1) is 0 Å². The van der Waals surface area contributed by atoms with Crippen molar-refractivity contribution in [3.05, 3.63) is 58.1 Å². The fraction of sp³-hybridized carbons (Fsp3) is 0.176. The number of anilines is 1. The molecule has 2 rings (SSSR count). The Hall–Kier alpha value is -2.24. The maximum absolute atomic E-state index is 12.1. The molecule has 0 atom stereocenters. The first-order valence-electron chi connectivity index (χ1n) is 7.15. The van der Waals surface area contributed by atoms with Crippen molar-refractivity contribution in [3.63, 3.8) is 0 Å². The molecule has 0 unspecified atom stereocenters. The number of carbonyl (C=O) groups is 2. The van der Waals surface area contributed by atoms with Gasteiger partial charge in [0.1, 0.15) is 5.75 Å². The number of hydrogen-bond acceptors (Lipinski definition) is 4. The Kier molecular flexibility index (Phi) is 6.46. The number of carbonyl (C=O) groups excluding carboxylic acids is 2. The lowest BCUT2D eigenvalue weighted by molar-refractivity contribution is -0.118. The van der Waals surface area contributed by atoms with E-state index in [2.05, 4.69) is 5.32 Å². The topological polar surface area (TPSA) is 64.6 Å². The van der Waals surface area contributed by atoms with Crippen molar-refractivity contribution in [2.24, 2.45) is 0 Å². The lowest BCUT2D eigenvalue weighted by Gasteiger charge is -2.11. The monoisotopic (exact) mass is 367 g/mol. The highest BCUT2D eigenvalue weighted by atomic mass is 35.5. The average molecular weight is 368 g/mol. The van der Waals surface area contributed by atoms with E-state index < -0.39 is 11.9 Å². The summed E-state index contributed by atoms with van der Waals surface area (Å²) in [6.07, 6.45) is 0. The highest BCUT2D eigenvalue weighted by Crippen LogP contribution is 2.27. The van der Waals surface area contributed by atoms with E-state index in [1.165, 1.54) is 6.07 Å². The lowest BCUT2D eigenvalue weighted by atomic mass is 10.2. The van der Waals surface area contributed by atoms with E-state index >= 15 is 0 Å². The van der Waals surface area contributed by atoms with Gasteiger partial charge in [-0.25, -0.2) is 4.79 Å². The molecule has 2 aromatic rings. The third kappa shape index (κ3) is 4.88. The number of amides is 1. The van der Waals surface area contributed by atoms with Gasteiger partial charge in [-0.1, -0.05) is 35.3 Å². The summed E-state index contributed by atoms with van der Waals surface area (Å²) < 4.78 is 10.3. The maximum atomic E-state index is 12.1. The zero-order chi connectivity index (χ0) is 17.5. The van der Waals surface area contributed by atoms with Crippen LogP contribution in [0.4, 0.5) is 5.69 Å². The largest absolute Gasteiger partial charge is 0.482 e. The van der Waals surface area contributed by atoms with Crippen molar-refractivity contribution in [2.45, 2.75) is 6.92 Å². The van der Waals surface area contributed by atoms with Crippen molar-refractivity contribution in [1.29, 1.82) is 0 Å². The van der Waals surface area contributed by atoms with Gasteiger partial charge < -0.3 is 14.8 Å². The molecule has 0 spiro atoms. The predicted molar refractivity (Wildman–Crippen MR) is 93.0 cm³/mol. The van der Waals surface area contributed by atoms with Crippen LogP contribution in [0.25, 0.3) is 0 Å². The molecule has 0 radical (unpaired) electrons. The Morgan fingerprint density at radius 1 is 1.12 bits per heavy atom. The first-order valence-corrected chi connectivity index (χ1v) is 7.90. The summed E-state index contributed by atoms with van der Waals surface area (Å²) in [6.45, 7) is 1.68. The number of halogens is 2. The smallest absolute Gasteiger partial charge is 0.340 e. The molecule has 0 saturated carbocycles. The van der Waals surface area contributed by atoms with Crippen LogP contribution in [0.15, 0.2) is 42.5 Å². The molecule has 5 nitrogen and oxygen atoms in total. The zero-order valence-electron chi connectivity index (χ0n) is 12.8. The molecule has 0 saturated heterocycles. The van der Waals surface area contributed by atoms with Crippen LogP contribution in [-0.4, -0.2) is 25.1 Å². The van der Waals surface area contributed by atoms with Crippen molar-refractivity contribution < 1.29 is 19.1 Å². The molecule has 2 aromatic carbocycles. The molecule has 1 amide bonds. The fourth-order valence-electron chi connectivity index (χ4n) is 1.90. The Balaban J connectivity index is 2.02. The van der Waals surface area contributed by atoms with Gasteiger partial charge in [-0.05, 0) is 31.2 Å². The van der Waals surface area contributed by atoms with Gasteiger partial charge in [0.05, 0.1) is 22.9 Å². The van der Waals surface area contributed by atoms with Gasteiger partial charge in [0.15, 0.2) is 6.61 Å². The molecular weight excluding hydrogens is 353 g/mol. The Morgan fingerprint density at radius 3 is 2.62 bits per heavy atom. The lowest BCUT2D eigenvalue weighted by Crippen LogP contribution is -2.22. The van der Waals surface area contributed by atoms with Gasteiger partial charge in [0.2, 0.25) is 0 Å². The summed E-state index contributed by atoms with van der Waals surface area (Å²) in [5.74, 6) is -0.645. The van der Waals surface area contributed by atoms with Crippen LogP contribution in [-0.2, 0) is 9.53 Å². The van der Waals surface area contributed by atoms with E-state index in [-0.39, 0.29) is 18.8 Å². The Morgan fingerprint density at radius 2 is 1.88 bits per heavy atom. The highest BCUT2D eigenvalue weighted by Gasteiger charge is 2.14. The molecule has 7 heteroatoms. The van der Waals surface area contributed by atoms with E-state index in [1.807, 2.05) is 0 Å². The van der Waals surface area contributed by atoms with Gasteiger partial charge in [0, 0.05) is 11.1 Å². The number of para-hydroxylation sites is 1. The van der Waals surface area contributed by atoms with E-state index in [4.69, 9.17) is 32.7 Å². The zero-order valence-corrected chi connectivity index (χ0v) is 14.4. The molecule has 1 N–H and O–H groups in total. The minimum atomic E-state index is -0.507. The molecule has 24 heavy (non-hydrogen) atoms.